The number of aromatic nitrogens is 1. The minimum absolute atomic E-state index is 0.00793. The van der Waals surface area contributed by atoms with Gasteiger partial charge in [-0.1, -0.05) is 42.5 Å². The summed E-state index contributed by atoms with van der Waals surface area (Å²) in [5.74, 6) is 0.532. The minimum Gasteiger partial charge on any atom is -0.294 e. The third-order valence-corrected chi connectivity index (χ3v) is 6.26. The average Bonchev–Trinajstić information content (AvgIpc) is 2.74. The summed E-state index contributed by atoms with van der Waals surface area (Å²) in [5.41, 5.74) is 2.64. The number of halogens is 1. The molecular weight excluding hydrogens is 428 g/mol. The fourth-order valence-electron chi connectivity index (χ4n) is 4.47. The quantitative estimate of drug-likeness (QED) is 0.520. The molecule has 1 aliphatic heterocycles. The lowest BCUT2D eigenvalue weighted by Gasteiger charge is -2.37. The predicted octanol–water partition coefficient (Wildman–Crippen LogP) is 5.52. The first kappa shape index (κ1) is 18.3. The number of allylic oxidation sites excluding steroid dienone is 2. The standard InChI is InChI=1S/C24H19BrN2O2/c25-18-10-11-22(26-14-18)27-20-6-3-7-21(28)24(20)19(13-23(27)29)17-9-8-15-4-1-2-5-16(15)12-17/h1-2,4-5,8-12,14,19H,3,6-7,13H2. The van der Waals surface area contributed by atoms with E-state index in [1.54, 1.807) is 11.1 Å². The maximum atomic E-state index is 13.2. The lowest BCUT2D eigenvalue weighted by atomic mass is 9.77. The number of fused-ring (bicyclic) bond motifs is 1. The molecule has 0 bridgehead atoms. The van der Waals surface area contributed by atoms with Crippen LogP contribution < -0.4 is 4.90 Å². The van der Waals surface area contributed by atoms with Gasteiger partial charge >= 0.3 is 0 Å². The van der Waals surface area contributed by atoms with E-state index in [4.69, 9.17) is 0 Å². The second-order valence-corrected chi connectivity index (χ2v) is 8.48. The summed E-state index contributed by atoms with van der Waals surface area (Å²) in [7, 11) is 0. The molecule has 1 aromatic heterocycles. The molecule has 29 heavy (non-hydrogen) atoms. The van der Waals surface area contributed by atoms with E-state index < -0.39 is 0 Å². The zero-order chi connectivity index (χ0) is 20.0. The number of Topliss-reactive ketones (excluding diaryl/α,β-unsaturated/α-hetero) is 1. The lowest BCUT2D eigenvalue weighted by molar-refractivity contribution is -0.120. The molecule has 3 aromatic rings. The molecule has 0 fully saturated rings. The van der Waals surface area contributed by atoms with Crippen LogP contribution in [0.5, 0.6) is 0 Å². The SMILES string of the molecule is O=C1CCCC2=C1C(c1ccc3ccccc3c1)CC(=O)N2c1ccc(Br)cn1. The van der Waals surface area contributed by atoms with E-state index in [2.05, 4.69) is 51.2 Å². The van der Waals surface area contributed by atoms with Crippen LogP contribution >= 0.6 is 15.9 Å². The number of ketones is 1. The van der Waals surface area contributed by atoms with Crippen LogP contribution in [0, 0.1) is 0 Å². The highest BCUT2D eigenvalue weighted by atomic mass is 79.9. The van der Waals surface area contributed by atoms with Gasteiger partial charge < -0.3 is 0 Å². The average molecular weight is 447 g/mol. The first-order chi connectivity index (χ1) is 14.1. The van der Waals surface area contributed by atoms with Gasteiger partial charge in [0.1, 0.15) is 5.82 Å². The predicted molar refractivity (Wildman–Crippen MR) is 117 cm³/mol. The van der Waals surface area contributed by atoms with Crippen molar-refractivity contribution < 1.29 is 9.59 Å². The molecule has 0 saturated carbocycles. The van der Waals surface area contributed by atoms with Crippen LogP contribution in [0.1, 0.15) is 37.2 Å². The third-order valence-electron chi connectivity index (χ3n) is 5.79. The molecule has 1 unspecified atom stereocenters. The van der Waals surface area contributed by atoms with E-state index in [0.29, 0.717) is 18.7 Å². The summed E-state index contributed by atoms with van der Waals surface area (Å²) in [6.45, 7) is 0. The fourth-order valence-corrected chi connectivity index (χ4v) is 4.70. The first-order valence-corrected chi connectivity index (χ1v) is 10.6. The normalized spacial score (nSPS) is 19.6. The zero-order valence-electron chi connectivity index (χ0n) is 15.8. The molecule has 1 amide bonds. The van der Waals surface area contributed by atoms with Crippen molar-refractivity contribution in [3.05, 3.63) is 82.1 Å². The second kappa shape index (κ2) is 7.23. The number of benzene rings is 2. The Morgan fingerprint density at radius 3 is 2.59 bits per heavy atom. The molecule has 0 saturated heterocycles. The summed E-state index contributed by atoms with van der Waals surface area (Å²) < 4.78 is 0.855. The van der Waals surface area contributed by atoms with Crippen LogP contribution in [-0.2, 0) is 9.59 Å². The van der Waals surface area contributed by atoms with E-state index >= 15 is 0 Å². The highest BCUT2D eigenvalue weighted by Gasteiger charge is 2.40. The van der Waals surface area contributed by atoms with Gasteiger partial charge in [0.25, 0.3) is 0 Å². The Morgan fingerprint density at radius 2 is 1.79 bits per heavy atom. The molecular formula is C24H19BrN2O2. The van der Waals surface area contributed by atoms with Crippen molar-refractivity contribution in [2.45, 2.75) is 31.6 Å². The van der Waals surface area contributed by atoms with Gasteiger partial charge in [-0.15, -0.1) is 0 Å². The van der Waals surface area contributed by atoms with Gasteiger partial charge in [-0.2, -0.15) is 0 Å². The number of pyridine rings is 1. The Balaban J connectivity index is 1.65. The molecule has 2 aliphatic rings. The van der Waals surface area contributed by atoms with Crippen LogP contribution in [0.2, 0.25) is 0 Å². The summed E-state index contributed by atoms with van der Waals surface area (Å²) >= 11 is 3.39. The number of carbonyl (C=O) groups excluding carboxylic acids is 2. The van der Waals surface area contributed by atoms with Crippen LogP contribution in [-0.4, -0.2) is 16.7 Å². The molecule has 4 nitrogen and oxygen atoms in total. The van der Waals surface area contributed by atoms with Crippen molar-refractivity contribution in [3.63, 3.8) is 0 Å². The molecule has 5 rings (SSSR count). The Bertz CT molecular complexity index is 1170. The van der Waals surface area contributed by atoms with E-state index in [9.17, 15) is 9.59 Å². The number of carbonyl (C=O) groups is 2. The highest BCUT2D eigenvalue weighted by molar-refractivity contribution is 9.10. The lowest BCUT2D eigenvalue weighted by Crippen LogP contribution is -2.41. The topological polar surface area (TPSA) is 50.3 Å². The van der Waals surface area contributed by atoms with Gasteiger partial charge in [0, 0.05) is 40.7 Å². The number of rotatable bonds is 2. The number of hydrogen-bond donors (Lipinski definition) is 0. The smallest absolute Gasteiger partial charge is 0.233 e. The number of amides is 1. The Labute approximate surface area is 177 Å². The monoisotopic (exact) mass is 446 g/mol. The van der Waals surface area contributed by atoms with Crippen LogP contribution in [0.3, 0.4) is 0 Å². The zero-order valence-corrected chi connectivity index (χ0v) is 17.4. The summed E-state index contributed by atoms with van der Waals surface area (Å²) in [4.78, 5) is 32.3. The molecule has 1 atom stereocenters. The maximum Gasteiger partial charge on any atom is 0.233 e. The van der Waals surface area contributed by atoms with Gasteiger partial charge in [-0.25, -0.2) is 4.98 Å². The molecule has 2 heterocycles. The van der Waals surface area contributed by atoms with Crippen LogP contribution in [0.15, 0.2) is 76.5 Å². The van der Waals surface area contributed by atoms with Gasteiger partial charge in [0.2, 0.25) is 5.91 Å². The van der Waals surface area contributed by atoms with Gasteiger partial charge in [-0.3, -0.25) is 14.5 Å². The Hall–Kier alpha value is -2.79. The Kier molecular flexibility index (Phi) is 4.55. The fraction of sp³-hybridized carbons (Fsp3) is 0.208. The molecule has 0 radical (unpaired) electrons. The summed E-state index contributed by atoms with van der Waals surface area (Å²) in [6.07, 6.45) is 3.99. The summed E-state index contributed by atoms with van der Waals surface area (Å²) in [5, 5.41) is 2.28. The van der Waals surface area contributed by atoms with Crippen LogP contribution in [0.4, 0.5) is 5.82 Å². The van der Waals surface area contributed by atoms with Gasteiger partial charge in [-0.05, 0) is 57.2 Å². The molecule has 0 N–H and O–H groups in total. The van der Waals surface area contributed by atoms with Gasteiger partial charge in [0.05, 0.1) is 0 Å². The highest BCUT2D eigenvalue weighted by Crippen LogP contribution is 2.43. The van der Waals surface area contributed by atoms with Gasteiger partial charge in [0.15, 0.2) is 5.78 Å². The van der Waals surface area contributed by atoms with Crippen molar-refractivity contribution in [3.8, 4) is 0 Å². The summed E-state index contributed by atoms with van der Waals surface area (Å²) in [6, 6.07) is 18.1. The van der Waals surface area contributed by atoms with Crippen molar-refractivity contribution in [2.75, 3.05) is 4.90 Å². The van der Waals surface area contributed by atoms with E-state index in [1.807, 2.05) is 24.3 Å². The molecule has 2 aromatic carbocycles. The second-order valence-electron chi connectivity index (χ2n) is 7.56. The largest absolute Gasteiger partial charge is 0.294 e. The van der Waals surface area contributed by atoms with Crippen molar-refractivity contribution >= 4 is 44.2 Å². The molecule has 1 aliphatic carbocycles. The number of hydrogen-bond acceptors (Lipinski definition) is 3. The maximum absolute atomic E-state index is 13.2. The van der Waals surface area contributed by atoms with E-state index in [-0.39, 0.29) is 24.0 Å². The minimum atomic E-state index is -0.193. The van der Waals surface area contributed by atoms with Crippen molar-refractivity contribution in [2.24, 2.45) is 0 Å². The van der Waals surface area contributed by atoms with E-state index in [0.717, 1.165) is 38.5 Å². The molecule has 5 heteroatoms. The third kappa shape index (κ3) is 3.19. The number of anilines is 1. The van der Waals surface area contributed by atoms with E-state index in [1.165, 1.54) is 0 Å². The molecule has 144 valence electrons. The first-order valence-electron chi connectivity index (χ1n) is 9.81. The van der Waals surface area contributed by atoms with Crippen LogP contribution in [0.25, 0.3) is 10.8 Å². The Morgan fingerprint density at radius 1 is 0.966 bits per heavy atom. The van der Waals surface area contributed by atoms with Crippen molar-refractivity contribution in [1.82, 2.24) is 4.98 Å². The molecule has 0 spiro atoms. The number of nitrogens with zero attached hydrogens (tertiary/aromatic N) is 2. The van der Waals surface area contributed by atoms with Crippen molar-refractivity contribution in [1.29, 1.82) is 0 Å².